The number of H-pyrrole nitrogens is 1. The van der Waals surface area contributed by atoms with E-state index in [0.29, 0.717) is 12.4 Å². The van der Waals surface area contributed by atoms with Gasteiger partial charge in [0.2, 0.25) is 0 Å². The Morgan fingerprint density at radius 2 is 1.96 bits per heavy atom. The van der Waals surface area contributed by atoms with Gasteiger partial charge in [0.25, 0.3) is 0 Å². The van der Waals surface area contributed by atoms with Crippen LogP contribution in [-0.2, 0) is 13.1 Å². The largest absolute Gasteiger partial charge is 0.497 e. The van der Waals surface area contributed by atoms with E-state index in [9.17, 15) is 0 Å². The van der Waals surface area contributed by atoms with Crippen LogP contribution in [-0.4, -0.2) is 35.3 Å². The lowest BCUT2D eigenvalue weighted by atomic mass is 10.2. The molecule has 0 bridgehead atoms. The third-order valence-corrected chi connectivity index (χ3v) is 4.41. The summed E-state index contributed by atoms with van der Waals surface area (Å²) in [6.07, 6.45) is 0. The van der Waals surface area contributed by atoms with Gasteiger partial charge in [-0.1, -0.05) is 6.07 Å². The van der Waals surface area contributed by atoms with Gasteiger partial charge in [0.1, 0.15) is 11.6 Å². The Kier molecular flexibility index (Phi) is 7.85. The first-order chi connectivity index (χ1) is 12.3. The number of guanidine groups is 1. The van der Waals surface area contributed by atoms with Crippen LogP contribution < -0.4 is 15.4 Å². The molecule has 0 saturated heterocycles. The molecule has 0 atom stereocenters. The smallest absolute Gasteiger partial charge is 0.191 e. The van der Waals surface area contributed by atoms with E-state index in [2.05, 4.69) is 42.3 Å². The van der Waals surface area contributed by atoms with Gasteiger partial charge in [-0.3, -0.25) is 10.1 Å². The molecule has 0 aliphatic rings. The van der Waals surface area contributed by atoms with Crippen molar-refractivity contribution in [1.82, 2.24) is 25.8 Å². The molecule has 0 radical (unpaired) electrons. The fraction of sp³-hybridized carbons (Fsp3) is 0.235. The predicted molar refractivity (Wildman–Crippen MR) is 115 cm³/mol. The molecule has 0 aliphatic heterocycles. The maximum Gasteiger partial charge on any atom is 0.191 e. The van der Waals surface area contributed by atoms with E-state index in [1.165, 1.54) is 4.88 Å². The lowest BCUT2D eigenvalue weighted by Gasteiger charge is -2.09. The molecule has 3 rings (SSSR count). The SMILES string of the molecule is CN=C(NCc1nc(-c2ccc(OC)cc2)n[nH]1)NCc1cccs1.I. The highest BCUT2D eigenvalue weighted by molar-refractivity contribution is 14.0. The lowest BCUT2D eigenvalue weighted by molar-refractivity contribution is 0.415. The third kappa shape index (κ3) is 5.43. The first kappa shape index (κ1) is 20.2. The van der Waals surface area contributed by atoms with E-state index < -0.39 is 0 Å². The van der Waals surface area contributed by atoms with Gasteiger partial charge in [0, 0.05) is 17.5 Å². The zero-order valence-corrected chi connectivity index (χ0v) is 17.7. The van der Waals surface area contributed by atoms with Crippen molar-refractivity contribution in [2.45, 2.75) is 13.1 Å². The second-order valence-corrected chi connectivity index (χ2v) is 6.23. The molecule has 0 aliphatic carbocycles. The maximum absolute atomic E-state index is 5.16. The first-order valence-electron chi connectivity index (χ1n) is 7.81. The standard InChI is InChI=1S/C17H20N6OS.HI/c1-18-17(19-10-14-4-3-9-25-14)20-11-15-21-16(23-22-15)12-5-7-13(24-2)8-6-12;/h3-9H,10-11H2,1-2H3,(H2,18,19,20)(H,21,22,23);1H. The monoisotopic (exact) mass is 484 g/mol. The van der Waals surface area contributed by atoms with Gasteiger partial charge < -0.3 is 15.4 Å². The van der Waals surface area contributed by atoms with Crippen molar-refractivity contribution < 1.29 is 4.74 Å². The number of benzene rings is 1. The van der Waals surface area contributed by atoms with E-state index in [0.717, 1.165) is 29.6 Å². The van der Waals surface area contributed by atoms with E-state index in [1.54, 1.807) is 25.5 Å². The van der Waals surface area contributed by atoms with Crippen LogP contribution in [0.4, 0.5) is 0 Å². The fourth-order valence-corrected chi connectivity index (χ4v) is 2.86. The molecule has 0 unspecified atom stereocenters. The van der Waals surface area contributed by atoms with Gasteiger partial charge >= 0.3 is 0 Å². The minimum atomic E-state index is 0. The van der Waals surface area contributed by atoms with E-state index >= 15 is 0 Å². The summed E-state index contributed by atoms with van der Waals surface area (Å²) in [5.74, 6) is 2.92. The summed E-state index contributed by atoms with van der Waals surface area (Å²) in [6, 6.07) is 11.8. The second-order valence-electron chi connectivity index (χ2n) is 5.19. The Hall–Kier alpha value is -2.14. The fourth-order valence-electron chi connectivity index (χ4n) is 2.22. The van der Waals surface area contributed by atoms with Crippen molar-refractivity contribution in [3.63, 3.8) is 0 Å². The molecular weight excluding hydrogens is 463 g/mol. The number of halogens is 1. The molecule has 1 aromatic carbocycles. The molecule has 2 heterocycles. The molecule has 3 N–H and O–H groups in total. The molecule has 9 heteroatoms. The highest BCUT2D eigenvalue weighted by Gasteiger charge is 2.07. The molecule has 0 amide bonds. The highest BCUT2D eigenvalue weighted by atomic mass is 127. The van der Waals surface area contributed by atoms with Crippen LogP contribution in [0.15, 0.2) is 46.8 Å². The number of methoxy groups -OCH3 is 1. The van der Waals surface area contributed by atoms with Crippen molar-refractivity contribution in [1.29, 1.82) is 0 Å². The molecule has 0 fully saturated rings. The van der Waals surface area contributed by atoms with Gasteiger partial charge in [-0.05, 0) is 35.7 Å². The van der Waals surface area contributed by atoms with Crippen LogP contribution in [0.25, 0.3) is 11.4 Å². The summed E-state index contributed by atoms with van der Waals surface area (Å²) in [5.41, 5.74) is 0.934. The minimum absolute atomic E-state index is 0. The van der Waals surface area contributed by atoms with Crippen LogP contribution in [0.5, 0.6) is 5.75 Å². The van der Waals surface area contributed by atoms with Gasteiger partial charge in [-0.25, -0.2) is 4.98 Å². The van der Waals surface area contributed by atoms with E-state index in [4.69, 9.17) is 4.74 Å². The summed E-state index contributed by atoms with van der Waals surface area (Å²) < 4.78 is 5.16. The molecule has 138 valence electrons. The molecule has 3 aromatic rings. The summed E-state index contributed by atoms with van der Waals surface area (Å²) >= 11 is 1.71. The number of hydrogen-bond acceptors (Lipinski definition) is 5. The molecule has 26 heavy (non-hydrogen) atoms. The van der Waals surface area contributed by atoms with Crippen molar-refractivity contribution in [3.8, 4) is 17.1 Å². The van der Waals surface area contributed by atoms with Gasteiger partial charge in [-0.2, -0.15) is 5.10 Å². The number of rotatable bonds is 6. The normalized spacial score (nSPS) is 10.9. The van der Waals surface area contributed by atoms with Gasteiger partial charge in [-0.15, -0.1) is 35.3 Å². The summed E-state index contributed by atoms with van der Waals surface area (Å²) in [4.78, 5) is 9.97. The topological polar surface area (TPSA) is 87.2 Å². The van der Waals surface area contributed by atoms with Crippen LogP contribution in [0, 0.1) is 0 Å². The number of aromatic nitrogens is 3. The van der Waals surface area contributed by atoms with Crippen molar-refractivity contribution in [2.24, 2.45) is 4.99 Å². The molecule has 7 nitrogen and oxygen atoms in total. The molecule has 2 aromatic heterocycles. The van der Waals surface area contributed by atoms with E-state index in [-0.39, 0.29) is 24.0 Å². The minimum Gasteiger partial charge on any atom is -0.497 e. The van der Waals surface area contributed by atoms with Crippen LogP contribution >= 0.6 is 35.3 Å². The number of aromatic amines is 1. The average molecular weight is 484 g/mol. The van der Waals surface area contributed by atoms with Crippen molar-refractivity contribution >= 4 is 41.3 Å². The number of thiophene rings is 1. The molecule has 0 spiro atoms. The second kappa shape index (κ2) is 10.1. The van der Waals surface area contributed by atoms with Crippen LogP contribution in [0.1, 0.15) is 10.7 Å². The van der Waals surface area contributed by atoms with E-state index in [1.807, 2.05) is 30.3 Å². The molecule has 0 saturated carbocycles. The predicted octanol–water partition coefficient (Wildman–Crippen LogP) is 3.03. The van der Waals surface area contributed by atoms with Crippen molar-refractivity contribution in [2.75, 3.05) is 14.2 Å². The summed E-state index contributed by atoms with van der Waals surface area (Å²) in [5, 5.41) is 15.7. The average Bonchev–Trinajstić information content (AvgIpc) is 3.34. The number of aliphatic imine (C=N–C) groups is 1. The first-order valence-corrected chi connectivity index (χ1v) is 8.69. The zero-order chi connectivity index (χ0) is 17.5. The summed E-state index contributed by atoms with van der Waals surface area (Å²) in [7, 11) is 3.39. The maximum atomic E-state index is 5.16. The van der Waals surface area contributed by atoms with Crippen molar-refractivity contribution in [3.05, 3.63) is 52.5 Å². The quantitative estimate of drug-likeness (QED) is 0.285. The number of nitrogens with one attached hydrogen (secondary N) is 3. The molecular formula is C17H21IN6OS. The Morgan fingerprint density at radius 3 is 2.62 bits per heavy atom. The third-order valence-electron chi connectivity index (χ3n) is 3.54. The highest BCUT2D eigenvalue weighted by Crippen LogP contribution is 2.18. The lowest BCUT2D eigenvalue weighted by Crippen LogP contribution is -2.36. The van der Waals surface area contributed by atoms with Gasteiger partial charge in [0.05, 0.1) is 20.2 Å². The Labute approximate surface area is 173 Å². The zero-order valence-electron chi connectivity index (χ0n) is 14.5. The number of ether oxygens (including phenoxy) is 1. The van der Waals surface area contributed by atoms with Crippen LogP contribution in [0.3, 0.4) is 0 Å². The van der Waals surface area contributed by atoms with Crippen LogP contribution in [0.2, 0.25) is 0 Å². The number of hydrogen-bond donors (Lipinski definition) is 3. The number of nitrogens with zero attached hydrogens (tertiary/aromatic N) is 3. The van der Waals surface area contributed by atoms with Gasteiger partial charge in [0.15, 0.2) is 11.8 Å². The Bertz CT molecular complexity index is 816. The Balaban J connectivity index is 0.00000243. The summed E-state index contributed by atoms with van der Waals surface area (Å²) in [6.45, 7) is 1.25. The Morgan fingerprint density at radius 1 is 1.19 bits per heavy atom.